The van der Waals surface area contributed by atoms with Gasteiger partial charge in [-0.05, 0) is 11.1 Å². The zero-order valence-corrected chi connectivity index (χ0v) is 13.7. The molecule has 3 rings (SSSR count). The molecule has 1 aromatic heterocycles. The third-order valence-electron chi connectivity index (χ3n) is 4.14. The lowest BCUT2D eigenvalue weighted by Gasteiger charge is -2.19. The molecule has 2 heterocycles. The molecule has 1 aromatic carbocycles. The van der Waals surface area contributed by atoms with E-state index in [2.05, 4.69) is 39.6 Å². The molecule has 1 aliphatic rings. The minimum atomic E-state index is -0.0504. The number of carbonyl (C=O) groups excluding carboxylic acids is 1. The smallest absolute Gasteiger partial charge is 0.317 e. The van der Waals surface area contributed by atoms with Crippen LogP contribution in [-0.2, 0) is 26.7 Å². The Hall–Kier alpha value is -2.34. The molecule has 0 bridgehead atoms. The Morgan fingerprint density at radius 1 is 1.30 bits per heavy atom. The van der Waals surface area contributed by atoms with Crippen molar-refractivity contribution in [3.63, 3.8) is 0 Å². The van der Waals surface area contributed by atoms with Gasteiger partial charge in [-0.2, -0.15) is 5.10 Å². The summed E-state index contributed by atoms with van der Waals surface area (Å²) in [5.41, 5.74) is 3.82. The molecule has 6 heteroatoms. The number of carbonyl (C=O) groups is 1. The standard InChI is InChI=1S/C17H23N5O/c1-20(10-14-9-19-21(2)11-14)17(23)18-7-8-22-12-15-5-3-4-6-16(15)13-22/h3-6,9,11H,7-8,10,12-13H2,1-2H3,(H,18,23). The molecule has 0 aliphatic carbocycles. The SMILES string of the molecule is CN(Cc1cnn(C)c1)C(=O)NCCN1Cc2ccccc2C1. The molecule has 1 aliphatic heterocycles. The van der Waals surface area contributed by atoms with Crippen molar-refractivity contribution in [3.8, 4) is 0 Å². The first kappa shape index (κ1) is 15.6. The van der Waals surface area contributed by atoms with Crippen molar-refractivity contribution in [2.75, 3.05) is 20.1 Å². The number of hydrogen-bond acceptors (Lipinski definition) is 3. The van der Waals surface area contributed by atoms with Gasteiger partial charge < -0.3 is 10.2 Å². The number of hydrogen-bond donors (Lipinski definition) is 1. The fourth-order valence-corrected chi connectivity index (χ4v) is 2.92. The summed E-state index contributed by atoms with van der Waals surface area (Å²) in [6.07, 6.45) is 3.70. The number of aromatic nitrogens is 2. The molecule has 0 saturated heterocycles. The van der Waals surface area contributed by atoms with Crippen molar-refractivity contribution >= 4 is 6.03 Å². The lowest BCUT2D eigenvalue weighted by molar-refractivity contribution is 0.203. The topological polar surface area (TPSA) is 53.4 Å². The maximum Gasteiger partial charge on any atom is 0.317 e. The first-order chi connectivity index (χ1) is 11.1. The van der Waals surface area contributed by atoms with Crippen molar-refractivity contribution in [1.29, 1.82) is 0 Å². The van der Waals surface area contributed by atoms with Gasteiger partial charge in [-0.1, -0.05) is 24.3 Å². The van der Waals surface area contributed by atoms with Crippen LogP contribution in [0.5, 0.6) is 0 Å². The minimum absolute atomic E-state index is 0.0504. The van der Waals surface area contributed by atoms with Gasteiger partial charge in [-0.15, -0.1) is 0 Å². The van der Waals surface area contributed by atoms with Gasteiger partial charge in [0.1, 0.15) is 0 Å². The lowest BCUT2D eigenvalue weighted by atomic mass is 10.1. The van der Waals surface area contributed by atoms with Crippen LogP contribution in [0, 0.1) is 0 Å². The highest BCUT2D eigenvalue weighted by molar-refractivity contribution is 5.73. The summed E-state index contributed by atoms with van der Waals surface area (Å²) < 4.78 is 1.74. The number of amides is 2. The molecule has 23 heavy (non-hydrogen) atoms. The van der Waals surface area contributed by atoms with E-state index in [-0.39, 0.29) is 6.03 Å². The average Bonchev–Trinajstić information content (AvgIpc) is 3.12. The van der Waals surface area contributed by atoms with Crippen LogP contribution >= 0.6 is 0 Å². The molecular formula is C17H23N5O. The third-order valence-corrected chi connectivity index (χ3v) is 4.14. The van der Waals surface area contributed by atoms with Crippen LogP contribution in [0.3, 0.4) is 0 Å². The molecule has 1 N–H and O–H groups in total. The largest absolute Gasteiger partial charge is 0.337 e. The molecule has 6 nitrogen and oxygen atoms in total. The minimum Gasteiger partial charge on any atom is -0.337 e. The second-order valence-electron chi connectivity index (χ2n) is 6.09. The fourth-order valence-electron chi connectivity index (χ4n) is 2.92. The Kier molecular flexibility index (Phi) is 4.62. The number of urea groups is 1. The van der Waals surface area contributed by atoms with Crippen molar-refractivity contribution < 1.29 is 4.79 Å². The van der Waals surface area contributed by atoms with Crippen LogP contribution in [0.25, 0.3) is 0 Å². The van der Waals surface area contributed by atoms with Gasteiger partial charge in [0.05, 0.1) is 12.7 Å². The monoisotopic (exact) mass is 313 g/mol. The number of benzene rings is 1. The van der Waals surface area contributed by atoms with E-state index in [9.17, 15) is 4.79 Å². The van der Waals surface area contributed by atoms with Crippen LogP contribution < -0.4 is 5.32 Å². The fraction of sp³-hybridized carbons (Fsp3) is 0.412. The van der Waals surface area contributed by atoms with E-state index >= 15 is 0 Å². The highest BCUT2D eigenvalue weighted by Gasteiger charge is 2.18. The maximum absolute atomic E-state index is 12.1. The first-order valence-corrected chi connectivity index (χ1v) is 7.87. The summed E-state index contributed by atoms with van der Waals surface area (Å²) >= 11 is 0. The molecule has 0 radical (unpaired) electrons. The van der Waals surface area contributed by atoms with E-state index in [0.717, 1.165) is 25.2 Å². The van der Waals surface area contributed by atoms with E-state index in [4.69, 9.17) is 0 Å². The summed E-state index contributed by atoms with van der Waals surface area (Å²) in [6, 6.07) is 8.46. The van der Waals surface area contributed by atoms with Crippen LogP contribution in [-0.4, -0.2) is 45.7 Å². The van der Waals surface area contributed by atoms with Crippen LogP contribution in [0.15, 0.2) is 36.7 Å². The van der Waals surface area contributed by atoms with Crippen LogP contribution in [0.4, 0.5) is 4.79 Å². The zero-order chi connectivity index (χ0) is 16.2. The second kappa shape index (κ2) is 6.83. The molecule has 2 amide bonds. The molecule has 2 aromatic rings. The zero-order valence-electron chi connectivity index (χ0n) is 13.7. The molecule has 0 saturated carbocycles. The Morgan fingerprint density at radius 3 is 2.61 bits per heavy atom. The first-order valence-electron chi connectivity index (χ1n) is 7.87. The highest BCUT2D eigenvalue weighted by atomic mass is 16.2. The van der Waals surface area contributed by atoms with Gasteiger partial charge in [-0.3, -0.25) is 9.58 Å². The molecule has 0 spiro atoms. The van der Waals surface area contributed by atoms with Crippen molar-refractivity contribution in [3.05, 3.63) is 53.3 Å². The van der Waals surface area contributed by atoms with E-state index in [1.807, 2.05) is 13.2 Å². The highest BCUT2D eigenvalue weighted by Crippen LogP contribution is 2.21. The quantitative estimate of drug-likeness (QED) is 0.912. The molecule has 0 unspecified atom stereocenters. The number of rotatable bonds is 5. The van der Waals surface area contributed by atoms with E-state index in [0.29, 0.717) is 13.1 Å². The van der Waals surface area contributed by atoms with E-state index in [1.54, 1.807) is 22.8 Å². The average molecular weight is 313 g/mol. The predicted octanol–water partition coefficient (Wildman–Crippen LogP) is 1.58. The number of aryl methyl sites for hydroxylation is 1. The predicted molar refractivity (Wildman–Crippen MR) is 88.6 cm³/mol. The van der Waals surface area contributed by atoms with Gasteiger partial charge in [0.2, 0.25) is 0 Å². The Labute approximate surface area is 136 Å². The Bertz CT molecular complexity index is 656. The number of nitrogens with one attached hydrogen (secondary N) is 1. The third kappa shape index (κ3) is 3.90. The Balaban J connectivity index is 1.40. The van der Waals surface area contributed by atoms with Gasteiger partial charge in [-0.25, -0.2) is 4.79 Å². The summed E-state index contributed by atoms with van der Waals surface area (Å²) in [5, 5.41) is 7.10. The van der Waals surface area contributed by atoms with Gasteiger partial charge >= 0.3 is 6.03 Å². The second-order valence-corrected chi connectivity index (χ2v) is 6.09. The number of fused-ring (bicyclic) bond motifs is 1. The van der Waals surface area contributed by atoms with E-state index < -0.39 is 0 Å². The normalized spacial score (nSPS) is 13.8. The summed E-state index contributed by atoms with van der Waals surface area (Å²) in [6.45, 7) is 4.02. The van der Waals surface area contributed by atoms with E-state index in [1.165, 1.54) is 11.1 Å². The lowest BCUT2D eigenvalue weighted by Crippen LogP contribution is -2.40. The summed E-state index contributed by atoms with van der Waals surface area (Å²) in [5.74, 6) is 0. The van der Waals surface area contributed by atoms with Gasteiger partial charge in [0.15, 0.2) is 0 Å². The molecule has 0 fully saturated rings. The summed E-state index contributed by atoms with van der Waals surface area (Å²) in [7, 11) is 3.67. The summed E-state index contributed by atoms with van der Waals surface area (Å²) in [4.78, 5) is 16.1. The van der Waals surface area contributed by atoms with Crippen LogP contribution in [0.1, 0.15) is 16.7 Å². The van der Waals surface area contributed by atoms with Gasteiger partial charge in [0.25, 0.3) is 0 Å². The Morgan fingerprint density at radius 2 is 2.00 bits per heavy atom. The van der Waals surface area contributed by atoms with Crippen molar-refractivity contribution in [1.82, 2.24) is 24.9 Å². The van der Waals surface area contributed by atoms with Gasteiger partial charge in [0, 0.05) is 52.0 Å². The van der Waals surface area contributed by atoms with Crippen molar-refractivity contribution in [2.45, 2.75) is 19.6 Å². The molecular weight excluding hydrogens is 290 g/mol. The maximum atomic E-state index is 12.1. The van der Waals surface area contributed by atoms with Crippen molar-refractivity contribution in [2.24, 2.45) is 7.05 Å². The number of nitrogens with zero attached hydrogens (tertiary/aromatic N) is 4. The molecule has 0 atom stereocenters. The van der Waals surface area contributed by atoms with Crippen LogP contribution in [0.2, 0.25) is 0 Å². The molecule has 122 valence electrons.